The van der Waals surface area contributed by atoms with Crippen LogP contribution >= 0.6 is 15.9 Å². The molecule has 2 aromatic rings. The highest BCUT2D eigenvalue weighted by Gasteiger charge is 2.05. The first kappa shape index (κ1) is 13.7. The highest BCUT2D eigenvalue weighted by molar-refractivity contribution is 9.10. The zero-order valence-electron chi connectivity index (χ0n) is 10.6. The van der Waals surface area contributed by atoms with Gasteiger partial charge in [0.2, 0.25) is 0 Å². The number of carbonyl (C=O) groups is 1. The molecule has 0 saturated heterocycles. The highest BCUT2D eigenvalue weighted by Crippen LogP contribution is 2.16. The second-order valence-electron chi connectivity index (χ2n) is 4.00. The molecule has 4 nitrogen and oxygen atoms in total. The molecule has 0 saturated carbocycles. The van der Waals surface area contributed by atoms with Gasteiger partial charge in [-0.25, -0.2) is 0 Å². The number of hydrogen-bond acceptors (Lipinski definition) is 3. The summed E-state index contributed by atoms with van der Waals surface area (Å²) in [5, 5.41) is 5.99. The van der Waals surface area contributed by atoms with Gasteiger partial charge in [0.25, 0.3) is 5.91 Å². The molecule has 0 radical (unpaired) electrons. The summed E-state index contributed by atoms with van der Waals surface area (Å²) >= 11 is 3.26. The van der Waals surface area contributed by atoms with Gasteiger partial charge in [-0.3, -0.25) is 4.79 Å². The number of halogens is 1. The molecule has 1 aromatic heterocycles. The van der Waals surface area contributed by atoms with Crippen LogP contribution in [0.3, 0.4) is 0 Å². The second kappa shape index (κ2) is 6.43. The molecular formula is C14H15BrN2O2. The maximum absolute atomic E-state index is 11.7. The van der Waals surface area contributed by atoms with E-state index in [0.717, 1.165) is 11.4 Å². The summed E-state index contributed by atoms with van der Waals surface area (Å²) in [6.45, 7) is 3.09. The van der Waals surface area contributed by atoms with Crippen molar-refractivity contribution in [2.45, 2.75) is 13.5 Å². The van der Waals surface area contributed by atoms with Crippen LogP contribution in [0.5, 0.6) is 0 Å². The molecule has 5 heteroatoms. The molecule has 19 heavy (non-hydrogen) atoms. The van der Waals surface area contributed by atoms with Crippen molar-refractivity contribution in [2.24, 2.45) is 0 Å². The van der Waals surface area contributed by atoms with E-state index in [2.05, 4.69) is 26.6 Å². The van der Waals surface area contributed by atoms with Gasteiger partial charge in [-0.15, -0.1) is 0 Å². The topological polar surface area (TPSA) is 54.3 Å². The second-order valence-corrected chi connectivity index (χ2v) is 4.78. The maximum atomic E-state index is 11.7. The Balaban J connectivity index is 2.00. The summed E-state index contributed by atoms with van der Waals surface area (Å²) in [5.41, 5.74) is 1.53. The first-order chi connectivity index (χ1) is 9.19. The molecule has 1 heterocycles. The van der Waals surface area contributed by atoms with E-state index in [1.807, 2.05) is 37.3 Å². The van der Waals surface area contributed by atoms with Gasteiger partial charge in [0.15, 0.2) is 4.67 Å². The van der Waals surface area contributed by atoms with Crippen molar-refractivity contribution in [3.8, 4) is 0 Å². The molecule has 1 amide bonds. The Kier molecular flexibility index (Phi) is 4.63. The first-order valence-electron chi connectivity index (χ1n) is 6.05. The first-order valence-corrected chi connectivity index (χ1v) is 6.84. The highest BCUT2D eigenvalue weighted by atomic mass is 79.9. The number of amides is 1. The summed E-state index contributed by atoms with van der Waals surface area (Å²) < 4.78 is 6.11. The number of rotatable bonds is 5. The molecule has 2 N–H and O–H groups in total. The fraction of sp³-hybridized carbons (Fsp3) is 0.214. The van der Waals surface area contributed by atoms with Crippen LogP contribution < -0.4 is 10.6 Å². The van der Waals surface area contributed by atoms with E-state index < -0.39 is 0 Å². The van der Waals surface area contributed by atoms with E-state index in [0.29, 0.717) is 23.3 Å². The van der Waals surface area contributed by atoms with E-state index in [1.165, 1.54) is 0 Å². The Bertz CT molecular complexity index is 566. The van der Waals surface area contributed by atoms with Crippen LogP contribution in [0.2, 0.25) is 0 Å². The van der Waals surface area contributed by atoms with E-state index in [9.17, 15) is 4.79 Å². The summed E-state index contributed by atoms with van der Waals surface area (Å²) in [4.78, 5) is 11.7. The number of carbonyl (C=O) groups excluding carboxylic acids is 1. The fourth-order valence-corrected chi connectivity index (χ4v) is 2.01. The largest absolute Gasteiger partial charge is 0.452 e. The van der Waals surface area contributed by atoms with Crippen molar-refractivity contribution >= 4 is 27.5 Å². The van der Waals surface area contributed by atoms with Crippen LogP contribution in [0.4, 0.5) is 5.69 Å². The summed E-state index contributed by atoms with van der Waals surface area (Å²) in [6.07, 6.45) is 0. The fourth-order valence-electron chi connectivity index (χ4n) is 1.67. The minimum atomic E-state index is -0.0631. The maximum Gasteiger partial charge on any atom is 0.251 e. The van der Waals surface area contributed by atoms with E-state index in [-0.39, 0.29) is 5.91 Å². The lowest BCUT2D eigenvalue weighted by Gasteiger charge is -2.07. The van der Waals surface area contributed by atoms with Gasteiger partial charge in [-0.1, -0.05) is 6.07 Å². The van der Waals surface area contributed by atoms with Crippen molar-refractivity contribution in [1.29, 1.82) is 0 Å². The van der Waals surface area contributed by atoms with Crippen LogP contribution in [0, 0.1) is 0 Å². The van der Waals surface area contributed by atoms with Gasteiger partial charge in [-0.05, 0) is 53.2 Å². The van der Waals surface area contributed by atoms with Gasteiger partial charge in [0.1, 0.15) is 5.76 Å². The minimum absolute atomic E-state index is 0.0631. The SMILES string of the molecule is CCNC(=O)c1cccc(NCc2ccc(Br)o2)c1. The van der Waals surface area contributed by atoms with Crippen LogP contribution in [0.15, 0.2) is 45.5 Å². The zero-order valence-corrected chi connectivity index (χ0v) is 12.2. The lowest BCUT2D eigenvalue weighted by molar-refractivity contribution is 0.0956. The minimum Gasteiger partial charge on any atom is -0.452 e. The van der Waals surface area contributed by atoms with Gasteiger partial charge < -0.3 is 15.1 Å². The number of nitrogens with one attached hydrogen (secondary N) is 2. The monoisotopic (exact) mass is 322 g/mol. The Morgan fingerprint density at radius 1 is 1.32 bits per heavy atom. The van der Waals surface area contributed by atoms with Crippen LogP contribution in [0.1, 0.15) is 23.0 Å². The zero-order chi connectivity index (χ0) is 13.7. The molecule has 0 aliphatic rings. The van der Waals surface area contributed by atoms with Crippen molar-refractivity contribution in [1.82, 2.24) is 5.32 Å². The predicted octanol–water partition coefficient (Wildman–Crippen LogP) is 3.40. The summed E-state index contributed by atoms with van der Waals surface area (Å²) in [5.74, 6) is 0.766. The van der Waals surface area contributed by atoms with Crippen molar-refractivity contribution in [2.75, 3.05) is 11.9 Å². The quantitative estimate of drug-likeness (QED) is 0.887. The summed E-state index contributed by atoms with van der Waals surface area (Å²) in [6, 6.07) is 11.1. The number of benzene rings is 1. The number of furan rings is 1. The molecule has 2 rings (SSSR count). The molecule has 0 atom stereocenters. The van der Waals surface area contributed by atoms with E-state index in [4.69, 9.17) is 4.42 Å². The Morgan fingerprint density at radius 2 is 2.16 bits per heavy atom. The average Bonchev–Trinajstić information content (AvgIpc) is 2.83. The van der Waals surface area contributed by atoms with Crippen LogP contribution in [0.25, 0.3) is 0 Å². The molecule has 0 unspecified atom stereocenters. The molecule has 0 spiro atoms. The van der Waals surface area contributed by atoms with Gasteiger partial charge in [-0.2, -0.15) is 0 Å². The summed E-state index contributed by atoms with van der Waals surface area (Å²) in [7, 11) is 0. The normalized spacial score (nSPS) is 10.2. The molecule has 0 aliphatic heterocycles. The Hall–Kier alpha value is -1.75. The molecular weight excluding hydrogens is 308 g/mol. The number of anilines is 1. The molecule has 0 fully saturated rings. The van der Waals surface area contributed by atoms with Gasteiger partial charge in [0, 0.05) is 17.8 Å². The number of hydrogen-bond donors (Lipinski definition) is 2. The van der Waals surface area contributed by atoms with Crippen LogP contribution in [-0.2, 0) is 6.54 Å². The molecule has 0 bridgehead atoms. The van der Waals surface area contributed by atoms with E-state index in [1.54, 1.807) is 6.07 Å². The standard InChI is InChI=1S/C14H15BrN2O2/c1-2-16-14(18)10-4-3-5-11(8-10)17-9-12-6-7-13(15)19-12/h3-8,17H,2,9H2,1H3,(H,16,18). The van der Waals surface area contributed by atoms with Crippen molar-refractivity contribution in [3.63, 3.8) is 0 Å². The third-order valence-corrected chi connectivity index (χ3v) is 2.98. The molecule has 0 aliphatic carbocycles. The third-order valence-electron chi connectivity index (χ3n) is 2.56. The Labute approximate surface area is 120 Å². The van der Waals surface area contributed by atoms with Gasteiger partial charge in [0.05, 0.1) is 6.54 Å². The van der Waals surface area contributed by atoms with Crippen LogP contribution in [-0.4, -0.2) is 12.5 Å². The molecule has 1 aromatic carbocycles. The predicted molar refractivity (Wildman–Crippen MR) is 78.2 cm³/mol. The van der Waals surface area contributed by atoms with Crippen molar-refractivity contribution < 1.29 is 9.21 Å². The third kappa shape index (κ3) is 3.86. The average molecular weight is 323 g/mol. The van der Waals surface area contributed by atoms with E-state index >= 15 is 0 Å². The smallest absolute Gasteiger partial charge is 0.251 e. The van der Waals surface area contributed by atoms with Crippen molar-refractivity contribution in [3.05, 3.63) is 52.4 Å². The van der Waals surface area contributed by atoms with Gasteiger partial charge >= 0.3 is 0 Å². The lowest BCUT2D eigenvalue weighted by Crippen LogP contribution is -2.22. The molecule has 100 valence electrons. The lowest BCUT2D eigenvalue weighted by atomic mass is 10.2. The Morgan fingerprint density at radius 3 is 2.84 bits per heavy atom.